The number of methoxy groups -OCH3 is 1. The Kier molecular flexibility index (Phi) is 4.21. The van der Waals surface area contributed by atoms with Crippen LogP contribution in [0.5, 0.6) is 5.75 Å². The molecule has 28 heavy (non-hydrogen) atoms. The molecule has 0 bridgehead atoms. The Hall–Kier alpha value is -2.31. The summed E-state index contributed by atoms with van der Waals surface area (Å²) >= 11 is 6.59. The van der Waals surface area contributed by atoms with Gasteiger partial charge in [0.15, 0.2) is 5.65 Å². The van der Waals surface area contributed by atoms with E-state index in [4.69, 9.17) is 31.2 Å². The molecule has 0 radical (unpaired) electrons. The van der Waals surface area contributed by atoms with E-state index in [1.165, 1.54) is 12.8 Å². The van der Waals surface area contributed by atoms with Crippen LogP contribution in [0.1, 0.15) is 29.8 Å². The van der Waals surface area contributed by atoms with E-state index in [2.05, 4.69) is 11.9 Å². The van der Waals surface area contributed by atoms with Gasteiger partial charge in [0.05, 0.1) is 42.3 Å². The van der Waals surface area contributed by atoms with E-state index in [1.807, 2.05) is 29.6 Å². The molecule has 3 heterocycles. The molecular weight excluding hydrogens is 376 g/mol. The third-order valence-corrected chi connectivity index (χ3v) is 5.93. The summed E-state index contributed by atoms with van der Waals surface area (Å²) in [6, 6.07) is 5.72. The number of hydrogen-bond donors (Lipinski definition) is 0. The minimum atomic E-state index is 0.538. The van der Waals surface area contributed by atoms with E-state index in [-0.39, 0.29) is 0 Å². The number of halogens is 1. The van der Waals surface area contributed by atoms with E-state index >= 15 is 0 Å². The SMILES string of the molecule is COc1ccc(-c2c(C)nn3c(N(C)CC4CC4)c4c(nc23)COC4)c(Cl)c1. The number of ether oxygens (including phenoxy) is 2. The summed E-state index contributed by atoms with van der Waals surface area (Å²) in [5.74, 6) is 2.59. The number of nitrogens with zero attached hydrogens (tertiary/aromatic N) is 4. The van der Waals surface area contributed by atoms with E-state index < -0.39 is 0 Å². The summed E-state index contributed by atoms with van der Waals surface area (Å²) in [7, 11) is 3.78. The van der Waals surface area contributed by atoms with Crippen LogP contribution in [0.3, 0.4) is 0 Å². The van der Waals surface area contributed by atoms with Crippen LogP contribution in [-0.4, -0.2) is 35.3 Å². The second kappa shape index (κ2) is 6.64. The highest BCUT2D eigenvalue weighted by Gasteiger charge is 2.30. The van der Waals surface area contributed by atoms with E-state index in [9.17, 15) is 0 Å². The first-order valence-corrected chi connectivity index (χ1v) is 9.98. The lowest BCUT2D eigenvalue weighted by atomic mass is 10.1. The summed E-state index contributed by atoms with van der Waals surface area (Å²) in [5.41, 5.74) is 5.75. The predicted molar refractivity (Wildman–Crippen MR) is 109 cm³/mol. The zero-order valence-electron chi connectivity index (χ0n) is 16.3. The number of fused-ring (bicyclic) bond motifs is 2. The normalized spacial score (nSPS) is 15.9. The summed E-state index contributed by atoms with van der Waals surface area (Å²) < 4.78 is 13.0. The van der Waals surface area contributed by atoms with Gasteiger partial charge < -0.3 is 14.4 Å². The molecule has 2 aliphatic rings. The molecule has 1 fully saturated rings. The Labute approximate surface area is 169 Å². The average molecular weight is 399 g/mol. The van der Waals surface area contributed by atoms with E-state index in [0.717, 1.165) is 57.8 Å². The molecule has 2 aromatic heterocycles. The first kappa shape index (κ1) is 17.8. The molecule has 6 nitrogen and oxygen atoms in total. The second-order valence-electron chi connectivity index (χ2n) is 7.72. The van der Waals surface area contributed by atoms with Gasteiger partial charge in [0.1, 0.15) is 11.6 Å². The molecule has 0 unspecified atom stereocenters. The lowest BCUT2D eigenvalue weighted by molar-refractivity contribution is 0.133. The molecule has 7 heteroatoms. The maximum absolute atomic E-state index is 6.59. The number of aromatic nitrogens is 3. The van der Waals surface area contributed by atoms with Crippen molar-refractivity contribution in [3.63, 3.8) is 0 Å². The Morgan fingerprint density at radius 1 is 1.32 bits per heavy atom. The minimum absolute atomic E-state index is 0.538. The van der Waals surface area contributed by atoms with Crippen LogP contribution in [-0.2, 0) is 18.0 Å². The van der Waals surface area contributed by atoms with Gasteiger partial charge in [-0.05, 0) is 43.9 Å². The summed E-state index contributed by atoms with van der Waals surface area (Å²) in [4.78, 5) is 7.24. The van der Waals surface area contributed by atoms with Crippen molar-refractivity contribution in [1.29, 1.82) is 0 Å². The van der Waals surface area contributed by atoms with Gasteiger partial charge in [-0.1, -0.05) is 11.6 Å². The second-order valence-corrected chi connectivity index (χ2v) is 8.13. The van der Waals surface area contributed by atoms with Crippen molar-refractivity contribution in [3.05, 3.63) is 40.2 Å². The zero-order chi connectivity index (χ0) is 19.4. The third-order valence-electron chi connectivity index (χ3n) is 5.62. The highest BCUT2D eigenvalue weighted by molar-refractivity contribution is 6.33. The van der Waals surface area contributed by atoms with Crippen molar-refractivity contribution in [1.82, 2.24) is 14.6 Å². The van der Waals surface area contributed by atoms with Crippen molar-refractivity contribution < 1.29 is 9.47 Å². The molecule has 0 spiro atoms. The van der Waals surface area contributed by atoms with Crippen LogP contribution >= 0.6 is 11.6 Å². The first-order valence-electron chi connectivity index (χ1n) is 9.60. The summed E-state index contributed by atoms with van der Waals surface area (Å²) in [5, 5.41) is 5.49. The Morgan fingerprint density at radius 2 is 2.14 bits per heavy atom. The van der Waals surface area contributed by atoms with Gasteiger partial charge in [-0.3, -0.25) is 0 Å². The smallest absolute Gasteiger partial charge is 0.165 e. The van der Waals surface area contributed by atoms with Crippen LogP contribution in [0.2, 0.25) is 5.02 Å². The Bertz CT molecular complexity index is 1070. The Balaban J connectivity index is 1.73. The zero-order valence-corrected chi connectivity index (χ0v) is 17.1. The maximum Gasteiger partial charge on any atom is 0.165 e. The molecule has 1 aliphatic carbocycles. The summed E-state index contributed by atoms with van der Waals surface area (Å²) in [6.45, 7) is 4.16. The molecule has 0 N–H and O–H groups in total. The number of benzene rings is 1. The number of rotatable bonds is 5. The molecular formula is C21H23ClN4O2. The van der Waals surface area contributed by atoms with E-state index in [1.54, 1.807) is 7.11 Å². The third kappa shape index (κ3) is 2.83. The fraction of sp³-hybridized carbons (Fsp3) is 0.429. The molecule has 1 aliphatic heterocycles. The van der Waals surface area contributed by atoms with Crippen molar-refractivity contribution in [3.8, 4) is 16.9 Å². The van der Waals surface area contributed by atoms with Gasteiger partial charge in [0.2, 0.25) is 0 Å². The van der Waals surface area contributed by atoms with Crippen LogP contribution in [0.15, 0.2) is 18.2 Å². The van der Waals surface area contributed by atoms with Crippen LogP contribution in [0, 0.1) is 12.8 Å². The van der Waals surface area contributed by atoms with Crippen molar-refractivity contribution in [2.45, 2.75) is 33.0 Å². The fourth-order valence-electron chi connectivity index (χ4n) is 4.04. The van der Waals surface area contributed by atoms with Gasteiger partial charge >= 0.3 is 0 Å². The molecule has 1 aromatic carbocycles. The van der Waals surface area contributed by atoms with Gasteiger partial charge in [-0.25, -0.2) is 4.98 Å². The molecule has 3 aromatic rings. The molecule has 1 saturated carbocycles. The number of anilines is 1. The monoisotopic (exact) mass is 398 g/mol. The largest absolute Gasteiger partial charge is 0.497 e. The lowest BCUT2D eigenvalue weighted by Crippen LogP contribution is -2.25. The van der Waals surface area contributed by atoms with Crippen molar-refractivity contribution in [2.75, 3.05) is 25.6 Å². The molecule has 146 valence electrons. The highest BCUT2D eigenvalue weighted by Crippen LogP contribution is 2.39. The van der Waals surface area contributed by atoms with Crippen LogP contribution in [0.25, 0.3) is 16.8 Å². The molecule has 0 saturated heterocycles. The molecule has 5 rings (SSSR count). The van der Waals surface area contributed by atoms with Gasteiger partial charge in [0, 0.05) is 24.7 Å². The maximum atomic E-state index is 6.59. The molecule has 0 atom stereocenters. The van der Waals surface area contributed by atoms with Crippen LogP contribution < -0.4 is 9.64 Å². The molecule has 0 amide bonds. The lowest BCUT2D eigenvalue weighted by Gasteiger charge is -2.22. The number of aryl methyl sites for hydroxylation is 1. The topological polar surface area (TPSA) is 51.9 Å². The van der Waals surface area contributed by atoms with E-state index in [0.29, 0.717) is 18.2 Å². The summed E-state index contributed by atoms with van der Waals surface area (Å²) in [6.07, 6.45) is 2.62. The van der Waals surface area contributed by atoms with Crippen molar-refractivity contribution in [2.24, 2.45) is 5.92 Å². The average Bonchev–Trinajstić information content (AvgIpc) is 3.26. The van der Waals surface area contributed by atoms with Gasteiger partial charge in [0.25, 0.3) is 0 Å². The standard InChI is InChI=1S/C21H23ClN4O2/c1-12-19(15-7-6-14(27-3)8-17(15)22)20-23-18-11-28-10-16(18)21(26(20)24-12)25(2)9-13-4-5-13/h6-8,13H,4-5,9-11H2,1-3H3. The Morgan fingerprint density at radius 3 is 2.86 bits per heavy atom. The van der Waals surface area contributed by atoms with Gasteiger partial charge in [-0.2, -0.15) is 9.61 Å². The van der Waals surface area contributed by atoms with Crippen molar-refractivity contribution >= 4 is 23.1 Å². The number of hydrogen-bond acceptors (Lipinski definition) is 5. The fourth-order valence-corrected chi connectivity index (χ4v) is 4.31. The highest BCUT2D eigenvalue weighted by atomic mass is 35.5. The quantitative estimate of drug-likeness (QED) is 0.643. The van der Waals surface area contributed by atoms with Crippen LogP contribution in [0.4, 0.5) is 5.82 Å². The predicted octanol–water partition coefficient (Wildman–Crippen LogP) is 4.24. The van der Waals surface area contributed by atoms with Gasteiger partial charge in [-0.15, -0.1) is 0 Å². The minimum Gasteiger partial charge on any atom is -0.497 e. The first-order chi connectivity index (χ1) is 13.6.